The van der Waals surface area contributed by atoms with Crippen LogP contribution in [-0.4, -0.2) is 30.0 Å². The summed E-state index contributed by atoms with van der Waals surface area (Å²) in [4.78, 5) is 0. The molecule has 20 heavy (non-hydrogen) atoms. The van der Waals surface area contributed by atoms with Crippen LogP contribution in [0.3, 0.4) is 0 Å². The third kappa shape index (κ3) is 4.46. The molecule has 2 rings (SSSR count). The van der Waals surface area contributed by atoms with Crippen LogP contribution in [0.25, 0.3) is 0 Å². The standard InChI is InChI=1S/C15H22N4O/c1-15(2,9-12-5-7-20-8-6-12)11-17-14-4-3-13(10-16)18-19-14/h3-4,12H,5-9,11H2,1-2H3,(H,17,19). The Bertz CT molecular complexity index is 458. The quantitative estimate of drug-likeness (QED) is 0.893. The molecule has 1 N–H and O–H groups in total. The average Bonchev–Trinajstić information content (AvgIpc) is 2.46. The average molecular weight is 274 g/mol. The molecule has 0 aromatic carbocycles. The van der Waals surface area contributed by atoms with E-state index in [9.17, 15) is 0 Å². The van der Waals surface area contributed by atoms with Crippen molar-refractivity contribution in [2.45, 2.75) is 33.1 Å². The molecule has 0 unspecified atom stereocenters. The maximum Gasteiger partial charge on any atom is 0.163 e. The van der Waals surface area contributed by atoms with Crippen LogP contribution in [0.2, 0.25) is 0 Å². The fraction of sp³-hybridized carbons (Fsp3) is 0.667. The lowest BCUT2D eigenvalue weighted by Gasteiger charge is -2.32. The van der Waals surface area contributed by atoms with Crippen LogP contribution in [0, 0.1) is 22.7 Å². The van der Waals surface area contributed by atoms with Gasteiger partial charge >= 0.3 is 0 Å². The van der Waals surface area contributed by atoms with Crippen molar-refractivity contribution in [3.63, 3.8) is 0 Å². The number of hydrogen-bond donors (Lipinski definition) is 1. The molecule has 0 aliphatic carbocycles. The summed E-state index contributed by atoms with van der Waals surface area (Å²) in [5, 5.41) is 19.8. The largest absolute Gasteiger partial charge is 0.381 e. The maximum atomic E-state index is 8.69. The zero-order valence-electron chi connectivity index (χ0n) is 12.2. The molecule has 1 aromatic rings. The smallest absolute Gasteiger partial charge is 0.163 e. The van der Waals surface area contributed by atoms with E-state index in [1.165, 1.54) is 19.3 Å². The van der Waals surface area contributed by atoms with Gasteiger partial charge in [0.2, 0.25) is 0 Å². The first-order valence-corrected chi connectivity index (χ1v) is 7.14. The number of aromatic nitrogens is 2. The van der Waals surface area contributed by atoms with E-state index in [0.717, 1.165) is 31.5 Å². The summed E-state index contributed by atoms with van der Waals surface area (Å²) in [7, 11) is 0. The SMILES string of the molecule is CC(C)(CNc1ccc(C#N)nn1)CC1CCOCC1. The maximum absolute atomic E-state index is 8.69. The first-order valence-electron chi connectivity index (χ1n) is 7.14. The Morgan fingerprint density at radius 2 is 2.10 bits per heavy atom. The molecule has 5 heteroatoms. The normalized spacial score (nSPS) is 16.6. The second-order valence-electron chi connectivity index (χ2n) is 6.19. The van der Waals surface area contributed by atoms with Crippen LogP contribution in [0.4, 0.5) is 5.82 Å². The Kier molecular flexibility index (Phi) is 4.91. The van der Waals surface area contributed by atoms with Gasteiger partial charge in [0.25, 0.3) is 0 Å². The van der Waals surface area contributed by atoms with E-state index < -0.39 is 0 Å². The van der Waals surface area contributed by atoms with Gasteiger partial charge in [-0.25, -0.2) is 0 Å². The number of rotatable bonds is 5. The summed E-state index contributed by atoms with van der Waals surface area (Å²) in [6.45, 7) is 7.19. The van der Waals surface area contributed by atoms with Crippen LogP contribution >= 0.6 is 0 Å². The highest BCUT2D eigenvalue weighted by Crippen LogP contribution is 2.31. The molecule has 1 aromatic heterocycles. The van der Waals surface area contributed by atoms with E-state index >= 15 is 0 Å². The Hall–Kier alpha value is -1.67. The van der Waals surface area contributed by atoms with Crippen molar-refractivity contribution in [3.05, 3.63) is 17.8 Å². The molecule has 2 heterocycles. The fourth-order valence-electron chi connectivity index (χ4n) is 2.62. The van der Waals surface area contributed by atoms with E-state index in [4.69, 9.17) is 10.00 Å². The minimum Gasteiger partial charge on any atom is -0.381 e. The summed E-state index contributed by atoms with van der Waals surface area (Å²) in [5.74, 6) is 1.48. The molecule has 5 nitrogen and oxygen atoms in total. The number of nitrogens with one attached hydrogen (secondary N) is 1. The Labute approximate surface area is 120 Å². The Morgan fingerprint density at radius 1 is 1.35 bits per heavy atom. The third-order valence-corrected chi connectivity index (χ3v) is 3.71. The number of hydrogen-bond acceptors (Lipinski definition) is 5. The van der Waals surface area contributed by atoms with Gasteiger partial charge < -0.3 is 10.1 Å². The van der Waals surface area contributed by atoms with Gasteiger partial charge in [-0.3, -0.25) is 0 Å². The van der Waals surface area contributed by atoms with Gasteiger partial charge in [0.1, 0.15) is 11.9 Å². The lowest BCUT2D eigenvalue weighted by molar-refractivity contribution is 0.0526. The molecular weight excluding hydrogens is 252 g/mol. The molecule has 0 spiro atoms. The summed E-state index contributed by atoms with van der Waals surface area (Å²) in [6, 6.07) is 5.45. The van der Waals surface area contributed by atoms with Crippen LogP contribution in [0.15, 0.2) is 12.1 Å². The zero-order valence-corrected chi connectivity index (χ0v) is 12.2. The van der Waals surface area contributed by atoms with Gasteiger partial charge in [-0.1, -0.05) is 13.8 Å². The fourth-order valence-corrected chi connectivity index (χ4v) is 2.62. The predicted octanol–water partition coefficient (Wildman–Crippen LogP) is 2.60. The second-order valence-corrected chi connectivity index (χ2v) is 6.19. The number of nitriles is 1. The highest BCUT2D eigenvalue weighted by Gasteiger charge is 2.25. The molecule has 0 atom stereocenters. The Morgan fingerprint density at radius 3 is 2.70 bits per heavy atom. The summed E-state index contributed by atoms with van der Waals surface area (Å²) >= 11 is 0. The summed E-state index contributed by atoms with van der Waals surface area (Å²) in [6.07, 6.45) is 3.52. The minimum atomic E-state index is 0.206. The monoisotopic (exact) mass is 274 g/mol. The van der Waals surface area contributed by atoms with Crippen molar-refractivity contribution in [2.75, 3.05) is 25.1 Å². The minimum absolute atomic E-state index is 0.206. The van der Waals surface area contributed by atoms with Gasteiger partial charge in [-0.05, 0) is 42.7 Å². The third-order valence-electron chi connectivity index (χ3n) is 3.71. The van der Waals surface area contributed by atoms with Crippen molar-refractivity contribution in [1.29, 1.82) is 5.26 Å². The van der Waals surface area contributed by atoms with Crippen LogP contribution in [0.5, 0.6) is 0 Å². The van der Waals surface area contributed by atoms with Gasteiger partial charge in [0.15, 0.2) is 5.69 Å². The Balaban J connectivity index is 1.82. The van der Waals surface area contributed by atoms with Gasteiger partial charge in [-0.2, -0.15) is 5.26 Å². The molecule has 0 saturated carbocycles. The first kappa shape index (κ1) is 14.7. The van der Waals surface area contributed by atoms with Crippen molar-refractivity contribution in [1.82, 2.24) is 10.2 Å². The van der Waals surface area contributed by atoms with E-state index in [1.54, 1.807) is 12.1 Å². The lowest BCUT2D eigenvalue weighted by Crippen LogP contribution is -2.29. The van der Waals surface area contributed by atoms with Crippen molar-refractivity contribution in [2.24, 2.45) is 11.3 Å². The zero-order chi connectivity index (χ0) is 14.4. The van der Waals surface area contributed by atoms with Crippen LogP contribution in [0.1, 0.15) is 38.8 Å². The molecule has 1 fully saturated rings. The molecular formula is C15H22N4O. The molecule has 0 bridgehead atoms. The first-order chi connectivity index (χ1) is 9.59. The summed E-state index contributed by atoms with van der Waals surface area (Å²) < 4.78 is 5.41. The summed E-state index contributed by atoms with van der Waals surface area (Å²) in [5.41, 5.74) is 0.550. The number of ether oxygens (including phenoxy) is 1. The van der Waals surface area contributed by atoms with E-state index in [2.05, 4.69) is 29.4 Å². The van der Waals surface area contributed by atoms with Crippen LogP contribution in [-0.2, 0) is 4.74 Å². The predicted molar refractivity (Wildman–Crippen MR) is 77.2 cm³/mol. The van der Waals surface area contributed by atoms with Crippen LogP contribution < -0.4 is 5.32 Å². The topological polar surface area (TPSA) is 70.8 Å². The van der Waals surface area contributed by atoms with Crippen molar-refractivity contribution < 1.29 is 4.74 Å². The lowest BCUT2D eigenvalue weighted by atomic mass is 9.80. The molecule has 108 valence electrons. The van der Waals surface area contributed by atoms with E-state index in [0.29, 0.717) is 5.69 Å². The number of nitrogens with zero attached hydrogens (tertiary/aromatic N) is 3. The highest BCUT2D eigenvalue weighted by atomic mass is 16.5. The van der Waals surface area contributed by atoms with Crippen molar-refractivity contribution in [3.8, 4) is 6.07 Å². The highest BCUT2D eigenvalue weighted by molar-refractivity contribution is 5.35. The van der Waals surface area contributed by atoms with Gasteiger partial charge in [0, 0.05) is 19.8 Å². The molecule has 1 aliphatic heterocycles. The second kappa shape index (κ2) is 6.67. The molecule has 0 radical (unpaired) electrons. The van der Waals surface area contributed by atoms with Gasteiger partial charge in [0.05, 0.1) is 0 Å². The molecule has 1 aliphatic rings. The number of anilines is 1. The van der Waals surface area contributed by atoms with Gasteiger partial charge in [-0.15, -0.1) is 10.2 Å². The molecule has 1 saturated heterocycles. The van der Waals surface area contributed by atoms with E-state index in [-0.39, 0.29) is 5.41 Å². The van der Waals surface area contributed by atoms with Crippen molar-refractivity contribution >= 4 is 5.82 Å². The van der Waals surface area contributed by atoms with E-state index in [1.807, 2.05) is 6.07 Å². The molecule has 0 amide bonds.